The molecule has 0 fully saturated rings. The Balaban J connectivity index is 3.91. The van der Waals surface area contributed by atoms with Gasteiger partial charge in [0.25, 0.3) is 0 Å². The molecule has 0 aliphatic heterocycles. The van der Waals surface area contributed by atoms with Crippen molar-refractivity contribution in [1.29, 1.82) is 0 Å². The van der Waals surface area contributed by atoms with Gasteiger partial charge in [0.2, 0.25) is 5.91 Å². The lowest BCUT2D eigenvalue weighted by atomic mass is 10.2. The number of amides is 1. The molecule has 0 saturated heterocycles. The number of rotatable bonds is 6. The topological polar surface area (TPSA) is 129 Å². The molecule has 0 heterocycles. The van der Waals surface area contributed by atoms with Crippen LogP contribution in [0.4, 0.5) is 0 Å². The maximum absolute atomic E-state index is 10.2. The van der Waals surface area contributed by atoms with Gasteiger partial charge in [0, 0.05) is 6.42 Å². The van der Waals surface area contributed by atoms with Crippen LogP contribution < -0.4 is 5.73 Å². The Morgan fingerprint density at radius 2 is 1.77 bits per heavy atom. The van der Waals surface area contributed by atoms with Gasteiger partial charge in [-0.25, -0.2) is 0 Å². The molecule has 0 saturated carbocycles. The summed E-state index contributed by atoms with van der Waals surface area (Å²) in [4.78, 5) is 28.4. The van der Waals surface area contributed by atoms with Gasteiger partial charge in [-0.2, -0.15) is 0 Å². The van der Waals surface area contributed by atoms with E-state index < -0.39 is 21.9 Å². The predicted molar refractivity (Wildman–Crippen MR) is 40.8 cm³/mol. The minimum atomic E-state index is -1.83. The van der Waals surface area contributed by atoms with E-state index in [9.17, 15) is 25.0 Å². The van der Waals surface area contributed by atoms with Gasteiger partial charge in [0.1, 0.15) is 0 Å². The van der Waals surface area contributed by atoms with Crippen LogP contribution in [0.1, 0.15) is 19.3 Å². The zero-order valence-corrected chi connectivity index (χ0v) is 6.71. The molecule has 2 N–H and O–H groups in total. The van der Waals surface area contributed by atoms with E-state index in [0.29, 0.717) is 0 Å². The highest BCUT2D eigenvalue weighted by Crippen LogP contribution is 2.04. The van der Waals surface area contributed by atoms with Crippen molar-refractivity contribution in [2.45, 2.75) is 25.4 Å². The van der Waals surface area contributed by atoms with Crippen LogP contribution in [0.2, 0.25) is 0 Å². The summed E-state index contributed by atoms with van der Waals surface area (Å²) >= 11 is 0. The van der Waals surface area contributed by atoms with E-state index in [0.717, 1.165) is 0 Å². The minimum absolute atomic E-state index is 0.0575. The average molecular weight is 191 g/mol. The maximum Gasteiger partial charge on any atom is 0.450 e. The Labute approximate surface area is 73.0 Å². The number of carbonyl (C=O) groups excluding carboxylic acids is 1. The summed E-state index contributed by atoms with van der Waals surface area (Å²) in [5.41, 5.74) is 4.75. The van der Waals surface area contributed by atoms with E-state index in [1.807, 2.05) is 0 Å². The number of hydrogen-bond acceptors (Lipinski definition) is 5. The molecule has 13 heavy (non-hydrogen) atoms. The molecule has 8 heteroatoms. The summed E-state index contributed by atoms with van der Waals surface area (Å²) in [7, 11) is 0. The standard InChI is InChI=1S/C5H9N3O5/c6-4(9)2-1-3-5(7(10)11)8(12)13/h5H,1-3H2,(H2,6,9). The Bertz CT molecular complexity index is 214. The molecule has 0 spiro atoms. The number of hydrogen-bond donors (Lipinski definition) is 1. The van der Waals surface area contributed by atoms with Crippen molar-refractivity contribution in [3.63, 3.8) is 0 Å². The first kappa shape index (κ1) is 11.3. The Morgan fingerprint density at radius 3 is 2.08 bits per heavy atom. The Hall–Kier alpha value is -1.73. The lowest BCUT2D eigenvalue weighted by Crippen LogP contribution is -2.28. The second kappa shape index (κ2) is 5.01. The molecule has 74 valence electrons. The molecule has 0 unspecified atom stereocenters. The molecule has 0 aliphatic carbocycles. The number of carbonyl (C=O) groups is 1. The van der Waals surface area contributed by atoms with Gasteiger partial charge in [0.15, 0.2) is 0 Å². The van der Waals surface area contributed by atoms with E-state index in [1.165, 1.54) is 0 Å². The maximum atomic E-state index is 10.2. The van der Waals surface area contributed by atoms with Crippen LogP contribution in [0.3, 0.4) is 0 Å². The molecular formula is C5H9N3O5. The van der Waals surface area contributed by atoms with Crippen LogP contribution in [0, 0.1) is 20.2 Å². The second-order valence-corrected chi connectivity index (χ2v) is 2.41. The zero-order chi connectivity index (χ0) is 10.4. The van der Waals surface area contributed by atoms with Crippen LogP contribution in [0.5, 0.6) is 0 Å². The number of primary amides is 1. The molecule has 8 nitrogen and oxygen atoms in total. The van der Waals surface area contributed by atoms with E-state index in [2.05, 4.69) is 0 Å². The molecule has 0 bridgehead atoms. The van der Waals surface area contributed by atoms with Crippen molar-refractivity contribution in [3.8, 4) is 0 Å². The van der Waals surface area contributed by atoms with E-state index in [1.54, 1.807) is 0 Å². The summed E-state index contributed by atoms with van der Waals surface area (Å²) < 4.78 is 0. The number of nitro groups is 2. The first-order valence-electron chi connectivity index (χ1n) is 3.50. The van der Waals surface area contributed by atoms with Crippen LogP contribution >= 0.6 is 0 Å². The van der Waals surface area contributed by atoms with Gasteiger partial charge < -0.3 is 5.73 Å². The van der Waals surface area contributed by atoms with Crippen molar-refractivity contribution in [3.05, 3.63) is 20.2 Å². The highest BCUT2D eigenvalue weighted by atomic mass is 16.7. The van der Waals surface area contributed by atoms with E-state index in [-0.39, 0.29) is 19.3 Å². The number of nitrogens with two attached hydrogens (primary N) is 1. The summed E-state index contributed by atoms with van der Waals surface area (Å²) in [6, 6.07) is 0. The molecular weight excluding hydrogens is 182 g/mol. The molecule has 0 aromatic rings. The van der Waals surface area contributed by atoms with Gasteiger partial charge in [-0.3, -0.25) is 25.0 Å². The Kier molecular flexibility index (Phi) is 4.34. The highest BCUT2D eigenvalue weighted by Gasteiger charge is 2.31. The largest absolute Gasteiger partial charge is 0.450 e. The normalized spacial score (nSPS) is 9.92. The van der Waals surface area contributed by atoms with Crippen LogP contribution in [0.25, 0.3) is 0 Å². The van der Waals surface area contributed by atoms with Gasteiger partial charge in [0.05, 0.1) is 16.3 Å². The lowest BCUT2D eigenvalue weighted by molar-refractivity contribution is -0.743. The fourth-order valence-corrected chi connectivity index (χ4v) is 0.747. The molecule has 0 aromatic carbocycles. The molecule has 0 aromatic heterocycles. The van der Waals surface area contributed by atoms with Gasteiger partial charge in [-0.05, 0) is 6.42 Å². The monoisotopic (exact) mass is 191 g/mol. The summed E-state index contributed by atoms with van der Waals surface area (Å²) in [6.07, 6.45) is -2.12. The molecule has 0 radical (unpaired) electrons. The van der Waals surface area contributed by atoms with Crippen LogP contribution in [-0.2, 0) is 4.79 Å². The minimum Gasteiger partial charge on any atom is -0.370 e. The molecule has 0 rings (SSSR count). The predicted octanol–water partition coefficient (Wildman–Crippen LogP) is -0.479. The quantitative estimate of drug-likeness (QED) is 0.344. The number of nitrogens with zero attached hydrogens (tertiary/aromatic N) is 2. The van der Waals surface area contributed by atoms with E-state index in [4.69, 9.17) is 5.73 Å². The first-order chi connectivity index (χ1) is 5.95. The third kappa shape index (κ3) is 4.67. The summed E-state index contributed by atoms with van der Waals surface area (Å²) in [6.45, 7) is 0. The molecule has 1 amide bonds. The van der Waals surface area contributed by atoms with Crippen molar-refractivity contribution in [1.82, 2.24) is 0 Å². The van der Waals surface area contributed by atoms with Crippen LogP contribution in [0.15, 0.2) is 0 Å². The molecule has 0 aliphatic rings. The van der Waals surface area contributed by atoms with Gasteiger partial charge >= 0.3 is 6.17 Å². The van der Waals surface area contributed by atoms with Crippen molar-refractivity contribution in [2.75, 3.05) is 0 Å². The van der Waals surface area contributed by atoms with Crippen molar-refractivity contribution >= 4 is 5.91 Å². The fraction of sp³-hybridized carbons (Fsp3) is 0.800. The second-order valence-electron chi connectivity index (χ2n) is 2.41. The average Bonchev–Trinajstić information content (AvgIpc) is 1.95. The van der Waals surface area contributed by atoms with Crippen LogP contribution in [-0.4, -0.2) is 21.9 Å². The van der Waals surface area contributed by atoms with Crippen molar-refractivity contribution in [2.24, 2.45) is 5.73 Å². The third-order valence-corrected chi connectivity index (χ3v) is 1.37. The fourth-order valence-electron chi connectivity index (χ4n) is 0.747. The third-order valence-electron chi connectivity index (χ3n) is 1.37. The highest BCUT2D eigenvalue weighted by molar-refractivity contribution is 5.73. The van der Waals surface area contributed by atoms with Crippen molar-refractivity contribution < 1.29 is 14.6 Å². The Morgan fingerprint density at radius 1 is 1.31 bits per heavy atom. The first-order valence-corrected chi connectivity index (χ1v) is 3.50. The zero-order valence-electron chi connectivity index (χ0n) is 6.71. The van der Waals surface area contributed by atoms with Gasteiger partial charge in [-0.1, -0.05) is 0 Å². The smallest absolute Gasteiger partial charge is 0.370 e. The lowest BCUT2D eigenvalue weighted by Gasteiger charge is -1.99. The summed E-state index contributed by atoms with van der Waals surface area (Å²) in [5, 5.41) is 20.1. The molecule has 0 atom stereocenters. The van der Waals surface area contributed by atoms with Gasteiger partial charge in [-0.15, -0.1) is 0 Å². The SMILES string of the molecule is NC(=O)CCCC([N+](=O)[O-])[N+](=O)[O-]. The summed E-state index contributed by atoms with van der Waals surface area (Å²) in [5.74, 6) is -0.620. The van der Waals surface area contributed by atoms with E-state index >= 15 is 0 Å².